The highest BCUT2D eigenvalue weighted by molar-refractivity contribution is 7.17. The minimum Gasteiger partial charge on any atom is -0.508 e. The average Bonchev–Trinajstić information content (AvgIpc) is 3.06. The van der Waals surface area contributed by atoms with E-state index in [1.807, 2.05) is 6.07 Å². The second-order valence-electron chi connectivity index (χ2n) is 5.63. The summed E-state index contributed by atoms with van der Waals surface area (Å²) in [4.78, 5) is 15.1. The molecule has 128 valence electrons. The van der Waals surface area contributed by atoms with Gasteiger partial charge in [0.15, 0.2) is 11.6 Å². The van der Waals surface area contributed by atoms with Crippen LogP contribution >= 0.6 is 11.3 Å². The molecule has 0 saturated heterocycles. The third-order valence-corrected chi connectivity index (χ3v) is 4.84. The zero-order valence-electron chi connectivity index (χ0n) is 13.4. The van der Waals surface area contributed by atoms with E-state index in [4.69, 9.17) is 0 Å². The van der Waals surface area contributed by atoms with Crippen molar-refractivity contribution in [2.45, 2.75) is 6.54 Å². The molecule has 6 heteroatoms. The van der Waals surface area contributed by atoms with Gasteiger partial charge in [0.05, 0.1) is 4.88 Å². The smallest absolute Gasteiger partial charge is 0.263 e. The van der Waals surface area contributed by atoms with Crippen molar-refractivity contribution >= 4 is 17.2 Å². The first-order valence-corrected chi connectivity index (χ1v) is 8.38. The molecule has 4 nitrogen and oxygen atoms in total. The summed E-state index contributed by atoms with van der Waals surface area (Å²) in [6.07, 6.45) is 0. The predicted molar refractivity (Wildman–Crippen MR) is 95.3 cm³/mol. The van der Waals surface area contributed by atoms with Crippen molar-refractivity contribution in [2.24, 2.45) is 0 Å². The highest BCUT2D eigenvalue weighted by atomic mass is 32.1. The van der Waals surface area contributed by atoms with Gasteiger partial charge in [-0.1, -0.05) is 24.3 Å². The summed E-state index contributed by atoms with van der Waals surface area (Å²) >= 11 is 1.17. The van der Waals surface area contributed by atoms with Crippen LogP contribution in [-0.4, -0.2) is 28.1 Å². The first-order chi connectivity index (χ1) is 12.0. The summed E-state index contributed by atoms with van der Waals surface area (Å²) in [5.41, 5.74) is 1.08. The number of carbonyl (C=O) groups excluding carboxylic acids is 1. The highest BCUT2D eigenvalue weighted by Crippen LogP contribution is 2.33. The van der Waals surface area contributed by atoms with Crippen LogP contribution in [0.25, 0.3) is 10.4 Å². The first-order valence-electron chi connectivity index (χ1n) is 7.57. The Morgan fingerprint density at radius 3 is 2.64 bits per heavy atom. The van der Waals surface area contributed by atoms with Gasteiger partial charge in [-0.3, -0.25) is 4.79 Å². The molecule has 2 N–H and O–H groups in total. The van der Waals surface area contributed by atoms with E-state index < -0.39 is 11.6 Å². The van der Waals surface area contributed by atoms with Crippen LogP contribution in [0.3, 0.4) is 0 Å². The summed E-state index contributed by atoms with van der Waals surface area (Å²) in [7, 11) is 1.67. The molecule has 0 aliphatic rings. The summed E-state index contributed by atoms with van der Waals surface area (Å²) in [6, 6.07) is 14.4. The summed E-state index contributed by atoms with van der Waals surface area (Å²) in [6.45, 7) is 0.348. The van der Waals surface area contributed by atoms with E-state index in [-0.39, 0.29) is 17.2 Å². The molecule has 1 amide bonds. The fourth-order valence-corrected chi connectivity index (χ4v) is 3.52. The molecule has 25 heavy (non-hydrogen) atoms. The lowest BCUT2D eigenvalue weighted by Crippen LogP contribution is -2.25. The topological polar surface area (TPSA) is 60.8 Å². The fraction of sp³-hybridized carbons (Fsp3) is 0.105. The van der Waals surface area contributed by atoms with Crippen molar-refractivity contribution in [3.05, 3.63) is 70.9 Å². The maximum Gasteiger partial charge on any atom is 0.263 e. The Hall–Kier alpha value is -2.86. The number of phenolic OH excluding ortho intramolecular Hbond substituents is 2. The molecule has 0 unspecified atom stereocenters. The standard InChI is InChI=1S/C19H16FNO3S/c1-21(11-12-4-2-5-13(22)10-12)19(24)17-9-8-16(25-17)14-6-3-7-15(23)18(14)20/h2-10,22-23H,11H2,1H3. The fourth-order valence-electron chi connectivity index (χ4n) is 2.50. The van der Waals surface area contributed by atoms with Gasteiger partial charge in [0.2, 0.25) is 0 Å². The second kappa shape index (κ2) is 6.94. The molecule has 0 aliphatic carbocycles. The molecule has 0 fully saturated rings. The minimum absolute atomic E-state index is 0.149. The molecular formula is C19H16FNO3S. The summed E-state index contributed by atoms with van der Waals surface area (Å²) < 4.78 is 14.0. The van der Waals surface area contributed by atoms with Crippen LogP contribution in [-0.2, 0) is 6.54 Å². The molecule has 3 rings (SSSR count). The van der Waals surface area contributed by atoms with Crippen LogP contribution in [0, 0.1) is 5.82 Å². The molecule has 0 atom stereocenters. The molecule has 0 aliphatic heterocycles. The quantitative estimate of drug-likeness (QED) is 0.734. The van der Waals surface area contributed by atoms with Crippen molar-refractivity contribution in [1.29, 1.82) is 0 Å². The van der Waals surface area contributed by atoms with Gasteiger partial charge in [0, 0.05) is 24.0 Å². The SMILES string of the molecule is CN(Cc1cccc(O)c1)C(=O)c1ccc(-c2cccc(O)c2F)s1. The number of benzene rings is 2. The van der Waals surface area contributed by atoms with Crippen molar-refractivity contribution < 1.29 is 19.4 Å². The number of thiophene rings is 1. The molecule has 0 saturated carbocycles. The lowest BCUT2D eigenvalue weighted by Gasteiger charge is -2.16. The maximum absolute atomic E-state index is 14.0. The van der Waals surface area contributed by atoms with Gasteiger partial charge in [0.25, 0.3) is 5.91 Å². The Morgan fingerprint density at radius 1 is 1.12 bits per heavy atom. The Balaban J connectivity index is 1.79. The number of hydrogen-bond donors (Lipinski definition) is 2. The van der Waals surface area contributed by atoms with Crippen molar-refractivity contribution in [3.8, 4) is 21.9 Å². The minimum atomic E-state index is -0.698. The van der Waals surface area contributed by atoms with Gasteiger partial charge in [-0.05, 0) is 35.9 Å². The molecule has 3 aromatic rings. The number of halogens is 1. The van der Waals surface area contributed by atoms with E-state index in [1.54, 1.807) is 49.5 Å². The summed E-state index contributed by atoms with van der Waals surface area (Å²) in [5, 5.41) is 19.0. The Kier molecular flexibility index (Phi) is 4.72. The van der Waals surface area contributed by atoms with Crippen LogP contribution in [0.2, 0.25) is 0 Å². The molecule has 0 radical (unpaired) electrons. The predicted octanol–water partition coefficient (Wildman–Crippen LogP) is 4.24. The zero-order chi connectivity index (χ0) is 18.0. The third-order valence-electron chi connectivity index (χ3n) is 3.74. The van der Waals surface area contributed by atoms with E-state index in [9.17, 15) is 19.4 Å². The van der Waals surface area contributed by atoms with Gasteiger partial charge in [-0.2, -0.15) is 0 Å². The number of phenols is 2. The number of aromatic hydroxyl groups is 2. The number of hydrogen-bond acceptors (Lipinski definition) is 4. The molecule has 0 spiro atoms. The highest BCUT2D eigenvalue weighted by Gasteiger charge is 2.17. The largest absolute Gasteiger partial charge is 0.508 e. The number of rotatable bonds is 4. The van der Waals surface area contributed by atoms with Crippen LogP contribution in [0.5, 0.6) is 11.5 Å². The van der Waals surface area contributed by atoms with Gasteiger partial charge in [-0.25, -0.2) is 4.39 Å². The molecule has 1 heterocycles. The molecular weight excluding hydrogens is 341 g/mol. The van der Waals surface area contributed by atoms with Crippen LogP contribution in [0.15, 0.2) is 54.6 Å². The van der Waals surface area contributed by atoms with Gasteiger partial charge >= 0.3 is 0 Å². The lowest BCUT2D eigenvalue weighted by atomic mass is 10.1. The van der Waals surface area contributed by atoms with E-state index in [0.29, 0.717) is 16.3 Å². The Labute approximate surface area is 148 Å². The molecule has 2 aromatic carbocycles. The van der Waals surface area contributed by atoms with Crippen molar-refractivity contribution in [2.75, 3.05) is 7.05 Å². The molecule has 1 aromatic heterocycles. The average molecular weight is 357 g/mol. The number of nitrogens with zero attached hydrogens (tertiary/aromatic N) is 1. The van der Waals surface area contributed by atoms with Crippen LogP contribution in [0.1, 0.15) is 15.2 Å². The summed E-state index contributed by atoms with van der Waals surface area (Å²) in [5.74, 6) is -1.16. The Morgan fingerprint density at radius 2 is 1.88 bits per heavy atom. The third kappa shape index (κ3) is 3.64. The Bertz CT molecular complexity index is 923. The van der Waals surface area contributed by atoms with Gasteiger partial charge in [0.1, 0.15) is 5.75 Å². The first kappa shape index (κ1) is 17.0. The monoisotopic (exact) mass is 357 g/mol. The lowest BCUT2D eigenvalue weighted by molar-refractivity contribution is 0.0789. The second-order valence-corrected chi connectivity index (χ2v) is 6.72. The van der Waals surface area contributed by atoms with E-state index in [1.165, 1.54) is 22.3 Å². The number of carbonyl (C=O) groups is 1. The van der Waals surface area contributed by atoms with Crippen molar-refractivity contribution in [1.82, 2.24) is 4.90 Å². The zero-order valence-corrected chi connectivity index (χ0v) is 14.3. The van der Waals surface area contributed by atoms with Crippen LogP contribution < -0.4 is 0 Å². The molecule has 0 bridgehead atoms. The van der Waals surface area contributed by atoms with E-state index in [2.05, 4.69) is 0 Å². The van der Waals surface area contributed by atoms with E-state index >= 15 is 0 Å². The van der Waals surface area contributed by atoms with Crippen LogP contribution in [0.4, 0.5) is 4.39 Å². The maximum atomic E-state index is 14.0. The van der Waals surface area contributed by atoms with Gasteiger partial charge < -0.3 is 15.1 Å². The van der Waals surface area contributed by atoms with Crippen molar-refractivity contribution in [3.63, 3.8) is 0 Å². The normalized spacial score (nSPS) is 10.6. The van der Waals surface area contributed by atoms with E-state index in [0.717, 1.165) is 5.56 Å². The number of amides is 1. The van der Waals surface area contributed by atoms with Gasteiger partial charge in [-0.15, -0.1) is 11.3 Å².